The van der Waals surface area contributed by atoms with Crippen molar-refractivity contribution in [1.29, 1.82) is 5.26 Å². The maximum absolute atomic E-state index is 12.3. The van der Waals surface area contributed by atoms with Crippen LogP contribution >= 0.6 is 11.6 Å². The Morgan fingerprint density at radius 3 is 2.59 bits per heavy atom. The van der Waals surface area contributed by atoms with E-state index in [1.54, 1.807) is 0 Å². The topological polar surface area (TPSA) is 87.0 Å². The molecule has 0 saturated heterocycles. The number of nitrogens with zero attached hydrogens (tertiary/aromatic N) is 1. The van der Waals surface area contributed by atoms with Crippen molar-refractivity contribution in [3.63, 3.8) is 0 Å². The molecular weight excluding hydrogens is 324 g/mol. The fraction of sp³-hybridized carbons (Fsp3) is 0.0667. The molecule has 2 aromatic carbocycles. The second-order valence-corrected chi connectivity index (χ2v) is 6.59. The van der Waals surface area contributed by atoms with Crippen LogP contribution in [0.15, 0.2) is 47.4 Å². The molecule has 112 valence electrons. The van der Waals surface area contributed by atoms with E-state index in [0.717, 1.165) is 0 Å². The monoisotopic (exact) mass is 334 g/mol. The summed E-state index contributed by atoms with van der Waals surface area (Å²) in [7, 11) is -3.86. The predicted octanol–water partition coefficient (Wildman–Crippen LogP) is 3.22. The van der Waals surface area contributed by atoms with Crippen molar-refractivity contribution in [2.75, 3.05) is 4.72 Å². The molecule has 7 heteroatoms. The first-order valence-electron chi connectivity index (χ1n) is 6.17. The van der Waals surface area contributed by atoms with Gasteiger partial charge in [-0.2, -0.15) is 5.26 Å². The third kappa shape index (κ3) is 3.45. The molecule has 0 bridgehead atoms. The lowest BCUT2D eigenvalue weighted by Crippen LogP contribution is -2.13. The van der Waals surface area contributed by atoms with Gasteiger partial charge in [-0.15, -0.1) is 0 Å². The van der Waals surface area contributed by atoms with E-state index in [1.165, 1.54) is 49.4 Å². The molecule has 0 unspecified atom stereocenters. The Labute approximate surface area is 133 Å². The first-order valence-corrected chi connectivity index (χ1v) is 8.03. The average molecular weight is 335 g/mol. The third-order valence-electron chi connectivity index (χ3n) is 2.89. The van der Waals surface area contributed by atoms with Crippen LogP contribution in [0.3, 0.4) is 0 Å². The molecule has 5 nitrogen and oxygen atoms in total. The Hall–Kier alpha value is -2.36. The zero-order chi connectivity index (χ0) is 16.3. The molecule has 0 fully saturated rings. The van der Waals surface area contributed by atoms with Gasteiger partial charge in [-0.25, -0.2) is 8.42 Å². The second kappa shape index (κ2) is 6.18. The number of carbonyl (C=O) groups is 1. The summed E-state index contributed by atoms with van der Waals surface area (Å²) in [5.74, 6) is -0.227. The van der Waals surface area contributed by atoms with Crippen molar-refractivity contribution in [3.8, 4) is 6.07 Å². The molecule has 0 aromatic heterocycles. The Morgan fingerprint density at radius 2 is 1.95 bits per heavy atom. The largest absolute Gasteiger partial charge is 0.295 e. The summed E-state index contributed by atoms with van der Waals surface area (Å²) in [4.78, 5) is 11.3. The first-order chi connectivity index (χ1) is 10.3. The number of hydrogen-bond acceptors (Lipinski definition) is 4. The van der Waals surface area contributed by atoms with Crippen LogP contribution in [0.5, 0.6) is 0 Å². The van der Waals surface area contributed by atoms with Gasteiger partial charge in [0.2, 0.25) is 0 Å². The molecule has 0 aliphatic rings. The number of nitriles is 1. The number of halogens is 1. The van der Waals surface area contributed by atoms with Gasteiger partial charge in [0.25, 0.3) is 10.0 Å². The fourth-order valence-electron chi connectivity index (χ4n) is 1.77. The van der Waals surface area contributed by atoms with E-state index in [4.69, 9.17) is 16.9 Å². The van der Waals surface area contributed by atoms with Crippen molar-refractivity contribution < 1.29 is 13.2 Å². The number of nitrogens with one attached hydrogen (secondary N) is 1. The molecule has 0 spiro atoms. The number of sulfonamides is 1. The lowest BCUT2D eigenvalue weighted by Gasteiger charge is -2.09. The Morgan fingerprint density at radius 1 is 1.23 bits per heavy atom. The summed E-state index contributed by atoms with van der Waals surface area (Å²) >= 11 is 5.80. The van der Waals surface area contributed by atoms with Gasteiger partial charge in [-0.05, 0) is 37.3 Å². The van der Waals surface area contributed by atoms with Gasteiger partial charge in [-0.1, -0.05) is 23.7 Å². The maximum Gasteiger partial charge on any atom is 0.261 e. The van der Waals surface area contributed by atoms with Gasteiger partial charge in [0, 0.05) is 5.56 Å². The molecule has 0 atom stereocenters. The highest BCUT2D eigenvalue weighted by molar-refractivity contribution is 7.92. The molecular formula is C15H11ClN2O3S. The molecule has 2 rings (SSSR count). The quantitative estimate of drug-likeness (QED) is 0.870. The average Bonchev–Trinajstić information content (AvgIpc) is 2.49. The minimum absolute atomic E-state index is 0.0337. The van der Waals surface area contributed by atoms with Crippen molar-refractivity contribution in [2.24, 2.45) is 0 Å². The van der Waals surface area contributed by atoms with E-state index in [9.17, 15) is 13.2 Å². The van der Waals surface area contributed by atoms with Crippen LogP contribution in [0, 0.1) is 11.3 Å². The minimum Gasteiger partial charge on any atom is -0.295 e. The van der Waals surface area contributed by atoms with Gasteiger partial charge in [0.1, 0.15) is 6.07 Å². The molecule has 1 N–H and O–H groups in total. The molecule has 2 aromatic rings. The Kier molecular flexibility index (Phi) is 4.50. The summed E-state index contributed by atoms with van der Waals surface area (Å²) < 4.78 is 27.0. The second-order valence-electron chi connectivity index (χ2n) is 4.50. The highest BCUT2D eigenvalue weighted by Gasteiger charge is 2.16. The fourth-order valence-corrected chi connectivity index (χ4v) is 3.03. The standard InChI is InChI=1S/C15H11ClN2O3S/c1-10(19)11-3-2-4-14(8-11)22(20,21)18-13-5-6-15(16)12(7-13)9-17/h2-8,18H,1H3. The lowest BCUT2D eigenvalue weighted by atomic mass is 10.2. The van der Waals surface area contributed by atoms with Gasteiger partial charge >= 0.3 is 0 Å². The van der Waals surface area contributed by atoms with Crippen LogP contribution in [0.4, 0.5) is 5.69 Å². The van der Waals surface area contributed by atoms with Gasteiger partial charge < -0.3 is 0 Å². The molecule has 0 aliphatic carbocycles. The van der Waals surface area contributed by atoms with E-state index in [2.05, 4.69) is 4.72 Å². The Bertz CT molecular complexity index is 886. The maximum atomic E-state index is 12.3. The highest BCUT2D eigenvalue weighted by atomic mass is 35.5. The first kappa shape index (κ1) is 16.0. The molecule has 0 saturated carbocycles. The van der Waals surface area contributed by atoms with Crippen LogP contribution in [0.25, 0.3) is 0 Å². The number of anilines is 1. The normalized spacial score (nSPS) is 10.8. The number of hydrogen-bond donors (Lipinski definition) is 1. The zero-order valence-corrected chi connectivity index (χ0v) is 13.1. The van der Waals surface area contributed by atoms with Gasteiger partial charge in [0.05, 0.1) is 21.2 Å². The number of benzene rings is 2. The van der Waals surface area contributed by atoms with E-state index < -0.39 is 10.0 Å². The highest BCUT2D eigenvalue weighted by Crippen LogP contribution is 2.22. The van der Waals surface area contributed by atoms with Crippen molar-refractivity contribution in [3.05, 3.63) is 58.6 Å². The predicted molar refractivity (Wildman–Crippen MR) is 83.4 cm³/mol. The van der Waals surface area contributed by atoms with Crippen LogP contribution < -0.4 is 4.72 Å². The summed E-state index contributed by atoms with van der Waals surface area (Å²) in [6, 6.07) is 11.8. The summed E-state index contributed by atoms with van der Waals surface area (Å²) in [6.45, 7) is 1.36. The van der Waals surface area contributed by atoms with Gasteiger partial charge in [0.15, 0.2) is 5.78 Å². The number of Topliss-reactive ketones (excluding diaryl/α,β-unsaturated/α-hetero) is 1. The summed E-state index contributed by atoms with van der Waals surface area (Å²) in [5, 5.41) is 9.15. The van der Waals surface area contributed by atoms with Crippen LogP contribution in [-0.2, 0) is 10.0 Å². The van der Waals surface area contributed by atoms with E-state index in [-0.39, 0.29) is 27.0 Å². The van der Waals surface area contributed by atoms with E-state index in [0.29, 0.717) is 5.56 Å². The lowest BCUT2D eigenvalue weighted by molar-refractivity contribution is 0.101. The van der Waals surface area contributed by atoms with Crippen molar-refractivity contribution in [2.45, 2.75) is 11.8 Å². The summed E-state index contributed by atoms with van der Waals surface area (Å²) in [5.41, 5.74) is 0.685. The van der Waals surface area contributed by atoms with Crippen LogP contribution in [0.2, 0.25) is 5.02 Å². The zero-order valence-electron chi connectivity index (χ0n) is 11.5. The molecule has 0 radical (unpaired) electrons. The van der Waals surface area contributed by atoms with Gasteiger partial charge in [-0.3, -0.25) is 9.52 Å². The number of rotatable bonds is 4. The van der Waals surface area contributed by atoms with Crippen LogP contribution in [-0.4, -0.2) is 14.2 Å². The smallest absolute Gasteiger partial charge is 0.261 e. The number of ketones is 1. The SMILES string of the molecule is CC(=O)c1cccc(S(=O)(=O)Nc2ccc(Cl)c(C#N)c2)c1. The Balaban J connectivity index is 2.38. The van der Waals surface area contributed by atoms with Crippen molar-refractivity contribution in [1.82, 2.24) is 0 Å². The van der Waals surface area contributed by atoms with Crippen LogP contribution in [0.1, 0.15) is 22.8 Å². The molecule has 0 heterocycles. The minimum atomic E-state index is -3.86. The molecule has 22 heavy (non-hydrogen) atoms. The third-order valence-corrected chi connectivity index (χ3v) is 4.60. The summed E-state index contributed by atoms with van der Waals surface area (Å²) in [6.07, 6.45) is 0. The van der Waals surface area contributed by atoms with E-state index >= 15 is 0 Å². The number of carbonyl (C=O) groups excluding carboxylic acids is 1. The van der Waals surface area contributed by atoms with E-state index in [1.807, 2.05) is 6.07 Å². The van der Waals surface area contributed by atoms with Crippen molar-refractivity contribution >= 4 is 33.1 Å². The molecule has 0 amide bonds. The molecule has 0 aliphatic heterocycles.